The van der Waals surface area contributed by atoms with E-state index < -0.39 is 0 Å². The molecule has 1 aliphatic rings. The molecule has 0 aromatic heterocycles. The van der Waals surface area contributed by atoms with Crippen LogP contribution in [-0.4, -0.2) is 42.7 Å². The lowest BCUT2D eigenvalue weighted by Gasteiger charge is -2.23. The summed E-state index contributed by atoms with van der Waals surface area (Å²) in [4.78, 5) is 13.6. The number of carbonyl (C=O) groups is 1. The number of hydrogen-bond donors (Lipinski definition) is 1. The number of aliphatic hydroxyl groups excluding tert-OH is 1. The van der Waals surface area contributed by atoms with Crippen LogP contribution in [0.25, 0.3) is 0 Å². The largest absolute Gasteiger partial charge is 0.497 e. The third-order valence-electron chi connectivity index (χ3n) is 3.68. The molecule has 0 saturated carbocycles. The first-order chi connectivity index (χ1) is 9.24. The van der Waals surface area contributed by atoms with E-state index in [1.54, 1.807) is 7.11 Å². The number of rotatable bonds is 6. The summed E-state index contributed by atoms with van der Waals surface area (Å²) in [6.45, 7) is 1.68. The van der Waals surface area contributed by atoms with Crippen LogP contribution in [0.5, 0.6) is 5.75 Å². The normalized spacial score (nSPS) is 16.7. The highest BCUT2D eigenvalue weighted by Gasteiger charge is 2.24. The fourth-order valence-electron chi connectivity index (χ4n) is 2.56. The van der Waals surface area contributed by atoms with Gasteiger partial charge in [0.05, 0.1) is 7.11 Å². The van der Waals surface area contributed by atoms with Gasteiger partial charge in [0.2, 0.25) is 5.91 Å². The second-order valence-electron chi connectivity index (χ2n) is 4.93. The third-order valence-corrected chi connectivity index (χ3v) is 3.68. The van der Waals surface area contributed by atoms with Crippen LogP contribution in [0, 0.1) is 0 Å². The molecule has 1 saturated heterocycles. The van der Waals surface area contributed by atoms with E-state index in [-0.39, 0.29) is 18.4 Å². The van der Waals surface area contributed by atoms with Crippen LogP contribution < -0.4 is 4.74 Å². The van der Waals surface area contributed by atoms with E-state index in [4.69, 9.17) is 4.74 Å². The van der Waals surface area contributed by atoms with Gasteiger partial charge in [-0.2, -0.15) is 0 Å². The number of nitrogens with zero attached hydrogens (tertiary/aromatic N) is 1. The first-order valence-electron chi connectivity index (χ1n) is 6.77. The second kappa shape index (κ2) is 6.57. The standard InChI is InChI=1S/C15H21NO3/c1-19-14-6-4-12(5-7-14)13(8-10-17)11-16-9-2-3-15(16)18/h4-7,13,17H,2-3,8-11H2,1H3/t13-/m0/s1. The van der Waals surface area contributed by atoms with Crippen LogP contribution in [0.3, 0.4) is 0 Å². The molecule has 1 heterocycles. The summed E-state index contributed by atoms with van der Waals surface area (Å²) in [5, 5.41) is 9.21. The van der Waals surface area contributed by atoms with E-state index in [1.165, 1.54) is 0 Å². The molecular weight excluding hydrogens is 242 g/mol. The summed E-state index contributed by atoms with van der Waals surface area (Å²) >= 11 is 0. The lowest BCUT2D eigenvalue weighted by molar-refractivity contribution is -0.127. The Morgan fingerprint density at radius 1 is 1.37 bits per heavy atom. The first-order valence-corrected chi connectivity index (χ1v) is 6.77. The molecule has 2 rings (SSSR count). The van der Waals surface area contributed by atoms with E-state index >= 15 is 0 Å². The lowest BCUT2D eigenvalue weighted by Crippen LogP contribution is -2.30. The molecule has 0 radical (unpaired) electrons. The molecule has 0 spiro atoms. The number of amides is 1. The fourth-order valence-corrected chi connectivity index (χ4v) is 2.56. The summed E-state index contributed by atoms with van der Waals surface area (Å²) in [6, 6.07) is 7.87. The van der Waals surface area contributed by atoms with Gasteiger partial charge in [0.15, 0.2) is 0 Å². The summed E-state index contributed by atoms with van der Waals surface area (Å²) in [5.74, 6) is 1.25. The Hall–Kier alpha value is -1.55. The van der Waals surface area contributed by atoms with Crippen molar-refractivity contribution in [3.05, 3.63) is 29.8 Å². The van der Waals surface area contributed by atoms with Crippen molar-refractivity contribution in [2.75, 3.05) is 26.8 Å². The molecule has 1 fully saturated rings. The highest BCUT2D eigenvalue weighted by atomic mass is 16.5. The van der Waals surface area contributed by atoms with Gasteiger partial charge in [0, 0.05) is 32.0 Å². The van der Waals surface area contributed by atoms with Crippen molar-refractivity contribution in [3.63, 3.8) is 0 Å². The number of methoxy groups -OCH3 is 1. The van der Waals surface area contributed by atoms with Gasteiger partial charge in [-0.25, -0.2) is 0 Å². The minimum absolute atomic E-state index is 0.138. The Morgan fingerprint density at radius 2 is 2.11 bits per heavy atom. The molecule has 0 bridgehead atoms. The Morgan fingerprint density at radius 3 is 2.63 bits per heavy atom. The molecule has 1 atom stereocenters. The minimum Gasteiger partial charge on any atom is -0.497 e. The summed E-state index contributed by atoms with van der Waals surface area (Å²) in [7, 11) is 1.64. The molecule has 19 heavy (non-hydrogen) atoms. The van der Waals surface area contributed by atoms with Crippen LogP contribution in [-0.2, 0) is 4.79 Å². The van der Waals surface area contributed by atoms with Crippen LogP contribution >= 0.6 is 0 Å². The molecule has 4 nitrogen and oxygen atoms in total. The predicted molar refractivity (Wildman–Crippen MR) is 73.3 cm³/mol. The second-order valence-corrected chi connectivity index (χ2v) is 4.93. The topological polar surface area (TPSA) is 49.8 Å². The highest BCUT2D eigenvalue weighted by molar-refractivity contribution is 5.78. The quantitative estimate of drug-likeness (QED) is 0.851. The van der Waals surface area contributed by atoms with Gasteiger partial charge in [-0.15, -0.1) is 0 Å². The van der Waals surface area contributed by atoms with Gasteiger partial charge >= 0.3 is 0 Å². The minimum atomic E-state index is 0.138. The number of benzene rings is 1. The maximum atomic E-state index is 11.7. The average Bonchev–Trinajstić information content (AvgIpc) is 2.84. The van der Waals surface area contributed by atoms with Crippen LogP contribution in [0.15, 0.2) is 24.3 Å². The maximum Gasteiger partial charge on any atom is 0.222 e. The van der Waals surface area contributed by atoms with Crippen molar-refractivity contribution < 1.29 is 14.6 Å². The van der Waals surface area contributed by atoms with Gasteiger partial charge in [-0.3, -0.25) is 4.79 Å². The Balaban J connectivity index is 2.07. The zero-order valence-electron chi connectivity index (χ0n) is 11.3. The van der Waals surface area contributed by atoms with Gasteiger partial charge in [-0.05, 0) is 30.5 Å². The van der Waals surface area contributed by atoms with Crippen molar-refractivity contribution in [1.82, 2.24) is 4.90 Å². The van der Waals surface area contributed by atoms with E-state index in [1.807, 2.05) is 29.2 Å². The summed E-state index contributed by atoms with van der Waals surface area (Å²) < 4.78 is 5.15. The van der Waals surface area contributed by atoms with Gasteiger partial charge < -0.3 is 14.7 Å². The molecular formula is C15H21NO3. The van der Waals surface area contributed by atoms with Crippen LogP contribution in [0.4, 0.5) is 0 Å². The van der Waals surface area contributed by atoms with Gasteiger partial charge in [0.1, 0.15) is 5.75 Å². The van der Waals surface area contributed by atoms with Crippen molar-refractivity contribution in [2.45, 2.75) is 25.2 Å². The number of hydrogen-bond acceptors (Lipinski definition) is 3. The summed E-state index contributed by atoms with van der Waals surface area (Å²) in [5.41, 5.74) is 1.15. The van der Waals surface area contributed by atoms with Crippen molar-refractivity contribution in [2.24, 2.45) is 0 Å². The SMILES string of the molecule is COc1ccc([C@@H](CCO)CN2CCCC2=O)cc1. The molecule has 1 aromatic rings. The van der Waals surface area contributed by atoms with E-state index in [0.29, 0.717) is 19.4 Å². The van der Waals surface area contributed by atoms with E-state index in [0.717, 1.165) is 24.3 Å². The van der Waals surface area contributed by atoms with E-state index in [2.05, 4.69) is 0 Å². The zero-order valence-corrected chi connectivity index (χ0v) is 11.3. The van der Waals surface area contributed by atoms with Gasteiger partial charge in [0.25, 0.3) is 0 Å². The Bertz CT molecular complexity index is 416. The number of carbonyl (C=O) groups excluding carboxylic acids is 1. The predicted octanol–water partition coefficient (Wildman–Crippen LogP) is 1.78. The van der Waals surface area contributed by atoms with E-state index in [9.17, 15) is 9.90 Å². The molecule has 4 heteroatoms. The molecule has 0 aliphatic carbocycles. The monoisotopic (exact) mass is 263 g/mol. The number of ether oxygens (including phenoxy) is 1. The molecule has 1 N–H and O–H groups in total. The van der Waals surface area contributed by atoms with Crippen molar-refractivity contribution in [3.8, 4) is 5.75 Å². The number of likely N-dealkylation sites (tertiary alicyclic amines) is 1. The van der Waals surface area contributed by atoms with Crippen LogP contribution in [0.1, 0.15) is 30.7 Å². The average molecular weight is 263 g/mol. The fraction of sp³-hybridized carbons (Fsp3) is 0.533. The van der Waals surface area contributed by atoms with Crippen molar-refractivity contribution >= 4 is 5.91 Å². The Kier molecular flexibility index (Phi) is 4.80. The molecule has 1 aromatic carbocycles. The smallest absolute Gasteiger partial charge is 0.222 e. The van der Waals surface area contributed by atoms with Crippen molar-refractivity contribution in [1.29, 1.82) is 0 Å². The number of aliphatic hydroxyl groups is 1. The molecule has 1 amide bonds. The Labute approximate surface area is 114 Å². The lowest BCUT2D eigenvalue weighted by atomic mass is 9.95. The molecule has 1 aliphatic heterocycles. The van der Waals surface area contributed by atoms with Crippen LogP contribution in [0.2, 0.25) is 0 Å². The first kappa shape index (κ1) is 13.9. The third kappa shape index (κ3) is 3.47. The summed E-state index contributed by atoms with van der Waals surface area (Å²) in [6.07, 6.45) is 2.29. The molecule has 104 valence electrons. The zero-order chi connectivity index (χ0) is 13.7. The maximum absolute atomic E-state index is 11.7. The van der Waals surface area contributed by atoms with Gasteiger partial charge in [-0.1, -0.05) is 12.1 Å². The molecule has 0 unspecified atom stereocenters. The highest BCUT2D eigenvalue weighted by Crippen LogP contribution is 2.25.